The van der Waals surface area contributed by atoms with Gasteiger partial charge in [-0.1, -0.05) is 41.9 Å². The summed E-state index contributed by atoms with van der Waals surface area (Å²) in [5.41, 5.74) is 2.48. The van der Waals surface area contributed by atoms with Crippen molar-refractivity contribution < 1.29 is 18.7 Å². The van der Waals surface area contributed by atoms with Gasteiger partial charge in [0.1, 0.15) is 23.9 Å². The average molecular weight is 395 g/mol. The van der Waals surface area contributed by atoms with E-state index in [9.17, 15) is 9.18 Å². The number of halogens is 2. The van der Waals surface area contributed by atoms with E-state index < -0.39 is 0 Å². The number of hydrogen-bond acceptors (Lipinski definition) is 3. The fraction of sp³-hybridized carbons (Fsp3) is 0.0870. The molecule has 3 aromatic carbocycles. The van der Waals surface area contributed by atoms with Crippen molar-refractivity contribution in [1.82, 2.24) is 0 Å². The topological polar surface area (TPSA) is 35.5 Å². The molecular formula is C23H16ClFO3. The average Bonchev–Trinajstić information content (AvgIpc) is 2.97. The van der Waals surface area contributed by atoms with Gasteiger partial charge in [0.2, 0.25) is 5.78 Å². The number of Topliss-reactive ketones (excluding diaryl/α,β-unsaturated/α-hetero) is 1. The molecule has 0 fully saturated rings. The van der Waals surface area contributed by atoms with Crippen molar-refractivity contribution in [3.8, 4) is 11.5 Å². The van der Waals surface area contributed by atoms with Gasteiger partial charge in [-0.15, -0.1) is 0 Å². The third-order valence-corrected chi connectivity index (χ3v) is 4.68. The van der Waals surface area contributed by atoms with Crippen LogP contribution < -0.4 is 9.47 Å². The van der Waals surface area contributed by atoms with Crippen molar-refractivity contribution in [3.63, 3.8) is 0 Å². The summed E-state index contributed by atoms with van der Waals surface area (Å²) in [5, 5.41) is 0.581. The monoisotopic (exact) mass is 394 g/mol. The number of rotatable bonds is 4. The van der Waals surface area contributed by atoms with Crippen LogP contribution in [-0.2, 0) is 6.61 Å². The van der Waals surface area contributed by atoms with E-state index in [1.807, 2.05) is 13.0 Å². The van der Waals surface area contributed by atoms with Gasteiger partial charge in [0, 0.05) is 16.7 Å². The zero-order chi connectivity index (χ0) is 19.7. The molecule has 140 valence electrons. The van der Waals surface area contributed by atoms with Crippen molar-refractivity contribution in [3.05, 3.63) is 99.5 Å². The first-order valence-corrected chi connectivity index (χ1v) is 9.10. The second kappa shape index (κ2) is 7.49. The van der Waals surface area contributed by atoms with Gasteiger partial charge >= 0.3 is 0 Å². The smallest absolute Gasteiger partial charge is 0.232 e. The highest BCUT2D eigenvalue weighted by Crippen LogP contribution is 2.37. The highest BCUT2D eigenvalue weighted by atomic mass is 35.5. The number of carbonyl (C=O) groups is 1. The van der Waals surface area contributed by atoms with Gasteiger partial charge in [-0.3, -0.25) is 4.79 Å². The molecule has 28 heavy (non-hydrogen) atoms. The van der Waals surface area contributed by atoms with E-state index in [2.05, 4.69) is 0 Å². The molecule has 0 amide bonds. The number of benzene rings is 3. The molecule has 4 rings (SSSR count). The molecule has 1 heterocycles. The lowest BCUT2D eigenvalue weighted by Crippen LogP contribution is -2.00. The van der Waals surface area contributed by atoms with E-state index in [4.69, 9.17) is 21.1 Å². The maximum atomic E-state index is 13.8. The summed E-state index contributed by atoms with van der Waals surface area (Å²) >= 11 is 6.00. The molecule has 0 spiro atoms. The largest absolute Gasteiger partial charge is 0.489 e. The van der Waals surface area contributed by atoms with Gasteiger partial charge in [-0.05, 0) is 48.4 Å². The van der Waals surface area contributed by atoms with Crippen LogP contribution in [0.15, 0.2) is 66.4 Å². The Labute approximate surface area is 167 Å². The zero-order valence-electron chi connectivity index (χ0n) is 15.0. The van der Waals surface area contributed by atoms with E-state index in [1.165, 1.54) is 6.07 Å². The van der Waals surface area contributed by atoms with Gasteiger partial charge in [0.25, 0.3) is 0 Å². The Hall–Kier alpha value is -3.11. The van der Waals surface area contributed by atoms with Crippen LogP contribution in [-0.4, -0.2) is 5.78 Å². The molecule has 0 atom stereocenters. The molecule has 3 nitrogen and oxygen atoms in total. The second-order valence-electron chi connectivity index (χ2n) is 6.49. The third kappa shape index (κ3) is 3.64. The molecule has 0 unspecified atom stereocenters. The number of ketones is 1. The lowest BCUT2D eigenvalue weighted by Gasteiger charge is -2.09. The Balaban J connectivity index is 1.58. The number of aryl methyl sites for hydroxylation is 1. The first kappa shape index (κ1) is 18.3. The Morgan fingerprint density at radius 3 is 2.71 bits per heavy atom. The Morgan fingerprint density at radius 2 is 1.93 bits per heavy atom. The molecule has 0 radical (unpaired) electrons. The van der Waals surface area contributed by atoms with E-state index >= 15 is 0 Å². The summed E-state index contributed by atoms with van der Waals surface area (Å²) in [4.78, 5) is 12.7. The number of allylic oxidation sites excluding steroid dienone is 1. The predicted octanol–water partition coefficient (Wildman–Crippen LogP) is 5.98. The zero-order valence-corrected chi connectivity index (χ0v) is 15.8. The first-order chi connectivity index (χ1) is 13.5. The Morgan fingerprint density at radius 1 is 1.11 bits per heavy atom. The van der Waals surface area contributed by atoms with E-state index in [0.29, 0.717) is 27.6 Å². The minimum Gasteiger partial charge on any atom is -0.489 e. The number of carbonyl (C=O) groups excluding carboxylic acids is 1. The van der Waals surface area contributed by atoms with Gasteiger partial charge in [0.05, 0.1) is 5.56 Å². The lowest BCUT2D eigenvalue weighted by atomic mass is 10.0. The normalized spacial score (nSPS) is 14.1. The number of fused-ring (bicyclic) bond motifs is 1. The predicted molar refractivity (Wildman–Crippen MR) is 106 cm³/mol. The van der Waals surface area contributed by atoms with Crippen molar-refractivity contribution in [2.24, 2.45) is 0 Å². The molecular weight excluding hydrogens is 379 g/mol. The van der Waals surface area contributed by atoms with Crippen LogP contribution in [0.2, 0.25) is 5.02 Å². The summed E-state index contributed by atoms with van der Waals surface area (Å²) in [6.45, 7) is 1.91. The SMILES string of the molecule is Cc1cc(OCc2ccccc2F)cc2c1C(=O)/C(=C/c1cccc(Cl)c1)O2. The molecule has 1 aliphatic heterocycles. The van der Waals surface area contributed by atoms with Gasteiger partial charge < -0.3 is 9.47 Å². The van der Waals surface area contributed by atoms with Crippen LogP contribution in [0.25, 0.3) is 6.08 Å². The van der Waals surface area contributed by atoms with Crippen LogP contribution in [0.5, 0.6) is 11.5 Å². The quantitative estimate of drug-likeness (QED) is 0.510. The minimum atomic E-state index is -0.321. The molecule has 0 bridgehead atoms. The van der Waals surface area contributed by atoms with Crippen molar-refractivity contribution >= 4 is 23.5 Å². The van der Waals surface area contributed by atoms with E-state index in [-0.39, 0.29) is 24.0 Å². The van der Waals surface area contributed by atoms with Crippen LogP contribution in [0.4, 0.5) is 4.39 Å². The highest BCUT2D eigenvalue weighted by molar-refractivity contribution is 6.30. The fourth-order valence-corrected chi connectivity index (χ4v) is 3.28. The molecule has 3 aromatic rings. The Bertz CT molecular complexity index is 1100. The molecule has 0 saturated heterocycles. The van der Waals surface area contributed by atoms with Crippen molar-refractivity contribution in [2.75, 3.05) is 0 Å². The molecule has 5 heteroatoms. The summed E-state index contributed by atoms with van der Waals surface area (Å²) in [7, 11) is 0. The summed E-state index contributed by atoms with van der Waals surface area (Å²) in [5.74, 6) is 0.663. The van der Waals surface area contributed by atoms with Crippen LogP contribution >= 0.6 is 11.6 Å². The third-order valence-electron chi connectivity index (χ3n) is 4.44. The standard InChI is InChI=1S/C23H16ClFO3/c1-14-9-18(27-13-16-6-2-3-8-19(16)25)12-20-22(14)23(26)21(28-20)11-15-5-4-7-17(24)10-15/h2-12H,13H2,1H3/b21-11-. The highest BCUT2D eigenvalue weighted by Gasteiger charge is 2.30. The minimum absolute atomic E-state index is 0.0874. The number of hydrogen-bond donors (Lipinski definition) is 0. The molecule has 0 aromatic heterocycles. The van der Waals surface area contributed by atoms with Crippen molar-refractivity contribution in [2.45, 2.75) is 13.5 Å². The second-order valence-corrected chi connectivity index (χ2v) is 6.92. The molecule has 0 aliphatic carbocycles. The Kier molecular flexibility index (Phi) is 4.88. The lowest BCUT2D eigenvalue weighted by molar-refractivity contribution is 0.101. The van der Waals surface area contributed by atoms with Crippen LogP contribution in [0.3, 0.4) is 0 Å². The van der Waals surface area contributed by atoms with Gasteiger partial charge in [0.15, 0.2) is 5.76 Å². The van der Waals surface area contributed by atoms with E-state index in [0.717, 1.165) is 11.1 Å². The van der Waals surface area contributed by atoms with Crippen LogP contribution in [0, 0.1) is 12.7 Å². The summed E-state index contributed by atoms with van der Waals surface area (Å²) < 4.78 is 25.3. The van der Waals surface area contributed by atoms with E-state index in [1.54, 1.807) is 54.6 Å². The first-order valence-electron chi connectivity index (χ1n) is 8.72. The maximum Gasteiger partial charge on any atom is 0.232 e. The van der Waals surface area contributed by atoms with Crippen molar-refractivity contribution in [1.29, 1.82) is 0 Å². The van der Waals surface area contributed by atoms with Gasteiger partial charge in [-0.2, -0.15) is 0 Å². The molecule has 1 aliphatic rings. The van der Waals surface area contributed by atoms with Gasteiger partial charge in [-0.25, -0.2) is 4.39 Å². The fourth-order valence-electron chi connectivity index (χ4n) is 3.09. The maximum absolute atomic E-state index is 13.8. The summed E-state index contributed by atoms with van der Waals surface area (Å²) in [6.07, 6.45) is 1.66. The molecule has 0 N–H and O–H groups in total. The number of ether oxygens (including phenoxy) is 2. The summed E-state index contributed by atoms with van der Waals surface area (Å²) in [6, 6.07) is 17.0. The van der Waals surface area contributed by atoms with Crippen LogP contribution in [0.1, 0.15) is 27.0 Å². The molecule has 0 saturated carbocycles.